The molecule has 0 radical (unpaired) electrons. The van der Waals surface area contributed by atoms with E-state index in [0.29, 0.717) is 0 Å². The minimum absolute atomic E-state index is 0.0937. The molecule has 3 aromatic rings. The fraction of sp³-hybridized carbons (Fsp3) is 0.385. The lowest BCUT2D eigenvalue weighted by atomic mass is 10.1. The first kappa shape index (κ1) is 25.6. The summed E-state index contributed by atoms with van der Waals surface area (Å²) in [6, 6.07) is 7.66. The Hall–Kier alpha value is -3.53. The van der Waals surface area contributed by atoms with E-state index in [9.17, 15) is 27.9 Å². The molecule has 0 unspecified atom stereocenters. The van der Waals surface area contributed by atoms with Crippen LogP contribution in [-0.4, -0.2) is 35.7 Å². The van der Waals surface area contributed by atoms with Gasteiger partial charge in [-0.25, -0.2) is 4.79 Å². The summed E-state index contributed by atoms with van der Waals surface area (Å²) >= 11 is 0. The van der Waals surface area contributed by atoms with Crippen molar-refractivity contribution in [2.75, 3.05) is 19.7 Å². The normalized spacial score (nSPS) is 15.0. The highest BCUT2D eigenvalue weighted by Crippen LogP contribution is 2.40. The third kappa shape index (κ3) is 5.48. The lowest BCUT2D eigenvalue weighted by Crippen LogP contribution is -2.24. The monoisotopic (exact) mass is 505 g/mol. The van der Waals surface area contributed by atoms with E-state index >= 15 is 0 Å². The molecule has 1 aromatic heterocycles. The van der Waals surface area contributed by atoms with Crippen molar-refractivity contribution < 1.29 is 37.0 Å². The van der Waals surface area contributed by atoms with Crippen LogP contribution in [0, 0.1) is 0 Å². The minimum atomic E-state index is -5.04. The maximum Gasteiger partial charge on any atom is 0.453 e. The van der Waals surface area contributed by atoms with Crippen LogP contribution in [0.2, 0.25) is 0 Å². The van der Waals surface area contributed by atoms with Crippen LogP contribution in [0.25, 0.3) is 11.0 Å². The third-order valence-corrected chi connectivity index (χ3v) is 6.02. The number of carbonyl (C=O) groups excluding carboxylic acids is 1. The number of alkyl halides is 3. The molecule has 0 amide bonds. The number of phenolic OH excluding ortho intramolecular Hbond substituents is 1. The second-order valence-corrected chi connectivity index (χ2v) is 8.56. The molecule has 2 heterocycles. The molecule has 7 nitrogen and oxygen atoms in total. The van der Waals surface area contributed by atoms with Crippen molar-refractivity contribution in [1.82, 2.24) is 4.90 Å². The molecule has 1 aliphatic heterocycles. The van der Waals surface area contributed by atoms with Crippen molar-refractivity contribution in [2.45, 2.75) is 45.3 Å². The molecule has 1 fully saturated rings. The summed E-state index contributed by atoms with van der Waals surface area (Å²) in [5.41, 5.74) is -1.03. The molecular weight excluding hydrogens is 479 g/mol. The molecule has 0 aliphatic carbocycles. The zero-order valence-corrected chi connectivity index (χ0v) is 19.7. The van der Waals surface area contributed by atoms with E-state index < -0.39 is 29.1 Å². The quantitative estimate of drug-likeness (QED) is 0.420. The Labute approximate surface area is 205 Å². The van der Waals surface area contributed by atoms with Gasteiger partial charge in [0.2, 0.25) is 11.2 Å². The van der Waals surface area contributed by atoms with Crippen LogP contribution in [0.15, 0.2) is 45.6 Å². The van der Waals surface area contributed by atoms with E-state index in [0.717, 1.165) is 38.8 Å². The summed E-state index contributed by atoms with van der Waals surface area (Å²) in [6.45, 7) is 3.43. The Morgan fingerprint density at radius 3 is 2.33 bits per heavy atom. The first-order valence-corrected chi connectivity index (χ1v) is 11.7. The Kier molecular flexibility index (Phi) is 7.53. The van der Waals surface area contributed by atoms with Crippen molar-refractivity contribution >= 4 is 16.9 Å². The van der Waals surface area contributed by atoms with Crippen molar-refractivity contribution in [3.8, 4) is 17.2 Å². The molecule has 2 aromatic carbocycles. The molecular formula is C26H26F3NO6. The number of hydrogen-bond acceptors (Lipinski definition) is 7. The van der Waals surface area contributed by atoms with Gasteiger partial charge in [0.25, 0.3) is 5.76 Å². The number of aromatic hydroxyl groups is 1. The second kappa shape index (κ2) is 10.6. The predicted octanol–water partition coefficient (Wildman–Crippen LogP) is 5.86. The summed E-state index contributed by atoms with van der Waals surface area (Å²) in [4.78, 5) is 27.1. The van der Waals surface area contributed by atoms with Gasteiger partial charge in [0.15, 0.2) is 0 Å². The topological polar surface area (TPSA) is 89.2 Å². The maximum atomic E-state index is 14.0. The minimum Gasteiger partial charge on any atom is -0.507 e. The maximum absolute atomic E-state index is 14.0. The molecule has 1 N–H and O–H groups in total. The van der Waals surface area contributed by atoms with E-state index in [1.165, 1.54) is 36.4 Å². The van der Waals surface area contributed by atoms with Gasteiger partial charge in [-0.15, -0.1) is 0 Å². The summed E-state index contributed by atoms with van der Waals surface area (Å²) in [5.74, 6) is -3.56. The highest BCUT2D eigenvalue weighted by atomic mass is 19.4. The molecule has 0 bridgehead atoms. The van der Waals surface area contributed by atoms with Gasteiger partial charge in [0.1, 0.15) is 17.1 Å². The first-order valence-electron chi connectivity index (χ1n) is 11.7. The van der Waals surface area contributed by atoms with Gasteiger partial charge in [-0.05, 0) is 69.3 Å². The lowest BCUT2D eigenvalue weighted by Gasteiger charge is -2.21. The van der Waals surface area contributed by atoms with Crippen molar-refractivity contribution in [1.29, 1.82) is 0 Å². The SMILES string of the molecule is CCOC(=O)c1ccc(Oc2c(C(F)(F)F)oc3c(CN4CCCCCC4)c(O)ccc3c2=O)cc1. The Balaban J connectivity index is 1.77. The van der Waals surface area contributed by atoms with Crippen LogP contribution >= 0.6 is 0 Å². The van der Waals surface area contributed by atoms with E-state index in [4.69, 9.17) is 13.9 Å². The molecule has 36 heavy (non-hydrogen) atoms. The molecule has 10 heteroatoms. The summed E-state index contributed by atoms with van der Waals surface area (Å²) < 4.78 is 57.5. The van der Waals surface area contributed by atoms with Crippen LogP contribution in [0.4, 0.5) is 13.2 Å². The molecule has 1 saturated heterocycles. The van der Waals surface area contributed by atoms with Gasteiger partial charge in [-0.3, -0.25) is 9.69 Å². The predicted molar refractivity (Wildman–Crippen MR) is 125 cm³/mol. The summed E-state index contributed by atoms with van der Waals surface area (Å²) in [5, 5.41) is 10.3. The van der Waals surface area contributed by atoms with Gasteiger partial charge in [0.05, 0.1) is 23.1 Å². The van der Waals surface area contributed by atoms with Gasteiger partial charge < -0.3 is 19.0 Å². The van der Waals surface area contributed by atoms with E-state index in [1.807, 2.05) is 4.90 Å². The van der Waals surface area contributed by atoms with Crippen molar-refractivity contribution in [2.24, 2.45) is 0 Å². The van der Waals surface area contributed by atoms with Gasteiger partial charge >= 0.3 is 12.1 Å². The van der Waals surface area contributed by atoms with Gasteiger partial charge in [0, 0.05) is 6.54 Å². The summed E-state index contributed by atoms with van der Waals surface area (Å²) in [6.07, 6.45) is -1.04. The van der Waals surface area contributed by atoms with Gasteiger partial charge in [-0.1, -0.05) is 12.8 Å². The molecule has 192 valence electrons. The van der Waals surface area contributed by atoms with Gasteiger partial charge in [-0.2, -0.15) is 13.2 Å². The van der Waals surface area contributed by atoms with Crippen LogP contribution < -0.4 is 10.2 Å². The zero-order chi connectivity index (χ0) is 25.9. The lowest BCUT2D eigenvalue weighted by molar-refractivity contribution is -0.154. The number of ether oxygens (including phenoxy) is 2. The number of phenols is 1. The zero-order valence-electron chi connectivity index (χ0n) is 19.7. The third-order valence-electron chi connectivity index (χ3n) is 6.02. The second-order valence-electron chi connectivity index (χ2n) is 8.56. The number of fused-ring (bicyclic) bond motifs is 1. The summed E-state index contributed by atoms with van der Waals surface area (Å²) in [7, 11) is 0. The van der Waals surface area contributed by atoms with E-state index in [1.54, 1.807) is 6.92 Å². The number of hydrogen-bond donors (Lipinski definition) is 1. The molecule has 0 spiro atoms. The Morgan fingerprint density at radius 2 is 1.72 bits per heavy atom. The number of likely N-dealkylation sites (tertiary alicyclic amines) is 1. The fourth-order valence-corrected chi connectivity index (χ4v) is 4.23. The number of benzene rings is 2. The number of halogens is 3. The standard InChI is InChI=1S/C26H26F3NO6/c1-2-34-25(33)16-7-9-17(10-8-16)35-23-21(32)18-11-12-20(31)19(15-30-13-5-3-4-6-14-30)22(18)36-24(23)26(27,28)29/h7-12,31H,2-6,13-15H2,1H3. The highest BCUT2D eigenvalue weighted by molar-refractivity contribution is 5.89. The molecule has 4 rings (SSSR count). The number of rotatable bonds is 6. The van der Waals surface area contributed by atoms with Crippen LogP contribution in [0.3, 0.4) is 0 Å². The van der Waals surface area contributed by atoms with Crippen LogP contribution in [0.1, 0.15) is 54.3 Å². The largest absolute Gasteiger partial charge is 0.507 e. The van der Waals surface area contributed by atoms with Crippen LogP contribution in [-0.2, 0) is 17.5 Å². The van der Waals surface area contributed by atoms with Crippen molar-refractivity contribution in [3.05, 3.63) is 63.5 Å². The van der Waals surface area contributed by atoms with E-state index in [-0.39, 0.29) is 46.7 Å². The number of esters is 1. The Bertz CT molecular complexity index is 1290. The van der Waals surface area contributed by atoms with E-state index in [2.05, 4.69) is 0 Å². The molecule has 1 aliphatic rings. The smallest absolute Gasteiger partial charge is 0.453 e. The average Bonchev–Trinajstić information content (AvgIpc) is 3.11. The number of nitrogens with zero attached hydrogens (tertiary/aromatic N) is 1. The molecule has 0 atom stereocenters. The number of carbonyl (C=O) groups is 1. The molecule has 0 saturated carbocycles. The van der Waals surface area contributed by atoms with Crippen LogP contribution in [0.5, 0.6) is 17.2 Å². The highest BCUT2D eigenvalue weighted by Gasteiger charge is 2.41. The average molecular weight is 505 g/mol. The Morgan fingerprint density at radius 1 is 1.06 bits per heavy atom. The first-order chi connectivity index (χ1) is 17.2. The fourth-order valence-electron chi connectivity index (χ4n) is 4.23. The van der Waals surface area contributed by atoms with Crippen molar-refractivity contribution in [3.63, 3.8) is 0 Å².